The van der Waals surface area contributed by atoms with E-state index < -0.39 is 32.5 Å². The van der Waals surface area contributed by atoms with Crippen LogP contribution in [-0.4, -0.2) is 14.3 Å². The maximum absolute atomic E-state index is 13.8. The van der Waals surface area contributed by atoms with Crippen LogP contribution in [0.1, 0.15) is 6.92 Å². The molecule has 122 valence electrons. The number of carbonyl (C=O) groups is 1. The van der Waals surface area contributed by atoms with Gasteiger partial charge in [0.15, 0.2) is 5.82 Å². The maximum Gasteiger partial charge on any atom is 0.264 e. The van der Waals surface area contributed by atoms with Crippen molar-refractivity contribution in [3.8, 4) is 0 Å². The lowest BCUT2D eigenvalue weighted by Crippen LogP contribution is -2.15. The van der Waals surface area contributed by atoms with Crippen LogP contribution < -0.4 is 10.0 Å². The predicted octanol–water partition coefficient (Wildman–Crippen LogP) is 3.38. The number of hydrogen-bond donors (Lipinski definition) is 2. The van der Waals surface area contributed by atoms with Gasteiger partial charge in [-0.15, -0.1) is 0 Å². The molecule has 2 aromatic rings. The van der Waals surface area contributed by atoms with Gasteiger partial charge in [0.1, 0.15) is 10.7 Å². The minimum absolute atomic E-state index is 0.0467. The minimum atomic E-state index is -4.27. The van der Waals surface area contributed by atoms with Crippen molar-refractivity contribution in [1.82, 2.24) is 0 Å². The van der Waals surface area contributed by atoms with E-state index in [9.17, 15) is 22.0 Å². The molecule has 0 aliphatic carbocycles. The molecule has 0 radical (unpaired) electrons. The van der Waals surface area contributed by atoms with Crippen LogP contribution in [0.5, 0.6) is 0 Å². The van der Waals surface area contributed by atoms with Gasteiger partial charge in [-0.05, 0) is 30.3 Å². The van der Waals surface area contributed by atoms with Crippen molar-refractivity contribution in [2.45, 2.75) is 11.8 Å². The van der Waals surface area contributed by atoms with Crippen LogP contribution in [0.3, 0.4) is 0 Å². The fourth-order valence-electron chi connectivity index (χ4n) is 1.78. The Balaban J connectivity index is 2.38. The highest BCUT2D eigenvalue weighted by atomic mass is 35.5. The summed E-state index contributed by atoms with van der Waals surface area (Å²) in [7, 11) is -4.27. The van der Waals surface area contributed by atoms with Crippen LogP contribution in [-0.2, 0) is 14.8 Å². The zero-order valence-corrected chi connectivity index (χ0v) is 13.3. The molecule has 2 N–H and O–H groups in total. The van der Waals surface area contributed by atoms with E-state index in [1.807, 2.05) is 0 Å². The summed E-state index contributed by atoms with van der Waals surface area (Å²) in [6, 6.07) is 6.73. The number of benzene rings is 2. The standard InChI is InChI=1S/C14H11ClF2N2O3S/c1-8(20)18-12-7-9(5-6-11(12)16)19-23(21,22)13-4-2-3-10(15)14(13)17/h2-7,19H,1H3,(H,18,20). The molecule has 1 amide bonds. The van der Waals surface area contributed by atoms with Gasteiger partial charge in [-0.3, -0.25) is 9.52 Å². The lowest BCUT2D eigenvalue weighted by atomic mass is 10.2. The van der Waals surface area contributed by atoms with Gasteiger partial charge in [0.25, 0.3) is 10.0 Å². The Hall–Kier alpha value is -2.19. The quantitative estimate of drug-likeness (QED) is 0.877. The molecule has 23 heavy (non-hydrogen) atoms. The summed E-state index contributed by atoms with van der Waals surface area (Å²) in [6.45, 7) is 1.18. The summed E-state index contributed by atoms with van der Waals surface area (Å²) in [5.41, 5.74) is -0.251. The van der Waals surface area contributed by atoms with Crippen LogP contribution in [0, 0.1) is 11.6 Å². The lowest BCUT2D eigenvalue weighted by molar-refractivity contribution is -0.114. The molecule has 0 saturated carbocycles. The number of rotatable bonds is 4. The first-order chi connectivity index (χ1) is 10.7. The Morgan fingerprint density at radius 2 is 1.87 bits per heavy atom. The third-order valence-electron chi connectivity index (χ3n) is 2.73. The fourth-order valence-corrected chi connectivity index (χ4v) is 3.16. The monoisotopic (exact) mass is 360 g/mol. The van der Waals surface area contributed by atoms with Gasteiger partial charge in [0.05, 0.1) is 16.4 Å². The highest BCUT2D eigenvalue weighted by Gasteiger charge is 2.21. The molecular formula is C14H11ClF2N2O3S. The largest absolute Gasteiger partial charge is 0.324 e. The number of halogens is 3. The zero-order valence-electron chi connectivity index (χ0n) is 11.7. The van der Waals surface area contributed by atoms with Crippen molar-refractivity contribution in [1.29, 1.82) is 0 Å². The Bertz CT molecular complexity index is 872. The number of amides is 1. The maximum atomic E-state index is 13.8. The first-order valence-corrected chi connectivity index (χ1v) is 8.11. The highest BCUT2D eigenvalue weighted by molar-refractivity contribution is 7.92. The summed E-state index contributed by atoms with van der Waals surface area (Å²) in [6.07, 6.45) is 0. The van der Waals surface area contributed by atoms with Crippen LogP contribution in [0.25, 0.3) is 0 Å². The van der Waals surface area contributed by atoms with E-state index in [0.717, 1.165) is 24.3 Å². The lowest BCUT2D eigenvalue weighted by Gasteiger charge is -2.11. The van der Waals surface area contributed by atoms with Crippen molar-refractivity contribution >= 4 is 38.9 Å². The van der Waals surface area contributed by atoms with Crippen molar-refractivity contribution in [2.75, 3.05) is 10.0 Å². The van der Waals surface area contributed by atoms with Gasteiger partial charge in [-0.2, -0.15) is 0 Å². The van der Waals surface area contributed by atoms with E-state index in [-0.39, 0.29) is 16.4 Å². The summed E-state index contributed by atoms with van der Waals surface area (Å²) in [5.74, 6) is -2.35. The molecule has 2 rings (SSSR count). The number of anilines is 2. The number of hydrogen-bond acceptors (Lipinski definition) is 3. The third-order valence-corrected chi connectivity index (χ3v) is 4.43. The summed E-state index contributed by atoms with van der Waals surface area (Å²) in [5, 5.41) is 1.87. The van der Waals surface area contributed by atoms with Crippen molar-refractivity contribution < 1.29 is 22.0 Å². The second-order valence-corrected chi connectivity index (χ2v) is 6.59. The molecule has 0 heterocycles. The molecule has 2 aromatic carbocycles. The number of nitrogens with one attached hydrogen (secondary N) is 2. The second kappa shape index (κ2) is 6.51. The van der Waals surface area contributed by atoms with E-state index in [4.69, 9.17) is 11.6 Å². The van der Waals surface area contributed by atoms with E-state index in [1.165, 1.54) is 19.1 Å². The molecule has 0 saturated heterocycles. The van der Waals surface area contributed by atoms with E-state index in [2.05, 4.69) is 10.0 Å². The van der Waals surface area contributed by atoms with Crippen LogP contribution in [0.15, 0.2) is 41.3 Å². The molecule has 0 aliphatic rings. The molecule has 5 nitrogen and oxygen atoms in total. The van der Waals surface area contributed by atoms with E-state index in [0.29, 0.717) is 0 Å². The Kier molecular flexibility index (Phi) is 4.86. The van der Waals surface area contributed by atoms with Gasteiger partial charge < -0.3 is 5.32 Å². The molecule has 0 atom stereocenters. The van der Waals surface area contributed by atoms with E-state index >= 15 is 0 Å². The van der Waals surface area contributed by atoms with Crippen molar-refractivity contribution in [3.05, 3.63) is 53.1 Å². The first-order valence-electron chi connectivity index (χ1n) is 6.24. The van der Waals surface area contributed by atoms with Crippen molar-refractivity contribution in [3.63, 3.8) is 0 Å². The zero-order chi connectivity index (χ0) is 17.2. The van der Waals surface area contributed by atoms with Crippen LogP contribution in [0.4, 0.5) is 20.2 Å². The Labute approximate surface area is 136 Å². The molecular weight excluding hydrogens is 350 g/mol. The topological polar surface area (TPSA) is 75.3 Å². The molecule has 0 bridgehead atoms. The summed E-state index contributed by atoms with van der Waals surface area (Å²) < 4.78 is 53.9. The molecule has 0 unspecified atom stereocenters. The molecule has 0 spiro atoms. The first kappa shape index (κ1) is 17.2. The predicted molar refractivity (Wildman–Crippen MR) is 82.9 cm³/mol. The van der Waals surface area contributed by atoms with Crippen LogP contribution >= 0.6 is 11.6 Å². The van der Waals surface area contributed by atoms with Gasteiger partial charge in [-0.1, -0.05) is 17.7 Å². The van der Waals surface area contributed by atoms with Crippen LogP contribution in [0.2, 0.25) is 5.02 Å². The summed E-state index contributed by atoms with van der Waals surface area (Å²) >= 11 is 5.56. The van der Waals surface area contributed by atoms with Crippen molar-refractivity contribution in [2.24, 2.45) is 0 Å². The average Bonchev–Trinajstić information content (AvgIpc) is 2.44. The Morgan fingerprint density at radius 1 is 1.17 bits per heavy atom. The SMILES string of the molecule is CC(=O)Nc1cc(NS(=O)(=O)c2cccc(Cl)c2F)ccc1F. The Morgan fingerprint density at radius 3 is 2.52 bits per heavy atom. The van der Waals surface area contributed by atoms with Gasteiger partial charge >= 0.3 is 0 Å². The smallest absolute Gasteiger partial charge is 0.264 e. The fraction of sp³-hybridized carbons (Fsp3) is 0.0714. The third kappa shape index (κ3) is 3.96. The average molecular weight is 361 g/mol. The summed E-state index contributed by atoms with van der Waals surface area (Å²) in [4.78, 5) is 10.3. The number of carbonyl (C=O) groups excluding carboxylic acids is 1. The van der Waals surface area contributed by atoms with Gasteiger partial charge in [0.2, 0.25) is 5.91 Å². The van der Waals surface area contributed by atoms with Gasteiger partial charge in [0, 0.05) is 6.92 Å². The normalized spacial score (nSPS) is 11.1. The highest BCUT2D eigenvalue weighted by Crippen LogP contribution is 2.26. The van der Waals surface area contributed by atoms with E-state index in [1.54, 1.807) is 0 Å². The molecule has 0 aromatic heterocycles. The number of sulfonamides is 1. The molecule has 0 fully saturated rings. The molecule has 0 aliphatic heterocycles. The van der Waals surface area contributed by atoms with Gasteiger partial charge in [-0.25, -0.2) is 17.2 Å². The second-order valence-electron chi connectivity index (χ2n) is 4.53. The minimum Gasteiger partial charge on any atom is -0.324 e. The molecule has 9 heteroatoms.